The van der Waals surface area contributed by atoms with Gasteiger partial charge < -0.3 is 14.3 Å². The number of fused-ring (bicyclic) bond motifs is 1. The molecule has 0 saturated carbocycles. The zero-order chi connectivity index (χ0) is 19.8. The van der Waals surface area contributed by atoms with Crippen molar-refractivity contribution in [3.05, 3.63) is 58.7 Å². The summed E-state index contributed by atoms with van der Waals surface area (Å²) in [5, 5.41) is 12.6. The summed E-state index contributed by atoms with van der Waals surface area (Å²) in [6.07, 6.45) is 1.71. The van der Waals surface area contributed by atoms with Crippen LogP contribution >= 0.6 is 11.6 Å². The van der Waals surface area contributed by atoms with E-state index in [1.54, 1.807) is 24.4 Å². The molecule has 0 saturated heterocycles. The van der Waals surface area contributed by atoms with E-state index in [1.807, 2.05) is 37.6 Å². The number of hydrogen-bond donors (Lipinski definition) is 1. The molecule has 0 unspecified atom stereocenters. The Hall–Kier alpha value is -3.06. The predicted molar refractivity (Wildman–Crippen MR) is 105 cm³/mol. The molecule has 8 heteroatoms. The summed E-state index contributed by atoms with van der Waals surface area (Å²) < 4.78 is 13.0. The Morgan fingerprint density at radius 1 is 1.32 bits per heavy atom. The molecule has 1 amide bonds. The summed E-state index contributed by atoms with van der Waals surface area (Å²) in [7, 11) is 0. The number of benzene rings is 1. The molecule has 0 bridgehead atoms. The van der Waals surface area contributed by atoms with Gasteiger partial charge in [0.05, 0.1) is 17.8 Å². The van der Waals surface area contributed by atoms with E-state index in [0.29, 0.717) is 22.1 Å². The normalized spacial score (nSPS) is 12.4. The van der Waals surface area contributed by atoms with E-state index in [4.69, 9.17) is 20.5 Å². The quantitative estimate of drug-likeness (QED) is 0.524. The van der Waals surface area contributed by atoms with E-state index in [0.717, 1.165) is 23.2 Å². The molecule has 0 radical (unpaired) electrons. The van der Waals surface area contributed by atoms with Crippen LogP contribution in [0.5, 0.6) is 0 Å². The second-order valence-electron chi connectivity index (χ2n) is 6.56. The maximum absolute atomic E-state index is 12.6. The number of hydrogen-bond acceptors (Lipinski definition) is 5. The van der Waals surface area contributed by atoms with Crippen molar-refractivity contribution in [1.82, 2.24) is 20.3 Å². The van der Waals surface area contributed by atoms with Gasteiger partial charge in [-0.25, -0.2) is 0 Å². The van der Waals surface area contributed by atoms with Crippen LogP contribution < -0.4 is 5.32 Å². The first kappa shape index (κ1) is 18.3. The molecule has 144 valence electrons. The molecular weight excluding hydrogens is 380 g/mol. The monoisotopic (exact) mass is 398 g/mol. The van der Waals surface area contributed by atoms with Gasteiger partial charge in [0.15, 0.2) is 11.5 Å². The minimum Gasteiger partial charge on any atom is -0.459 e. The van der Waals surface area contributed by atoms with Crippen LogP contribution in [0.25, 0.3) is 22.3 Å². The van der Waals surface area contributed by atoms with Gasteiger partial charge in [0.2, 0.25) is 0 Å². The van der Waals surface area contributed by atoms with Crippen molar-refractivity contribution in [2.75, 3.05) is 0 Å². The number of carbonyl (C=O) groups excluding carboxylic acids is 1. The van der Waals surface area contributed by atoms with Crippen molar-refractivity contribution < 1.29 is 13.7 Å². The van der Waals surface area contributed by atoms with E-state index in [-0.39, 0.29) is 17.6 Å². The molecule has 0 aliphatic carbocycles. The lowest BCUT2D eigenvalue weighted by Gasteiger charge is -2.09. The van der Waals surface area contributed by atoms with Crippen molar-refractivity contribution in [1.29, 1.82) is 0 Å². The van der Waals surface area contributed by atoms with E-state index in [9.17, 15) is 4.79 Å². The van der Waals surface area contributed by atoms with Gasteiger partial charge in [-0.1, -0.05) is 16.8 Å². The number of halogens is 1. The Morgan fingerprint density at radius 3 is 2.89 bits per heavy atom. The highest BCUT2D eigenvalue weighted by molar-refractivity contribution is 6.31. The van der Waals surface area contributed by atoms with Crippen LogP contribution in [0.15, 0.2) is 45.5 Å². The summed E-state index contributed by atoms with van der Waals surface area (Å²) in [4.78, 5) is 12.6. The Bertz CT molecular complexity index is 1160. The average molecular weight is 399 g/mol. The lowest BCUT2D eigenvalue weighted by Crippen LogP contribution is -2.26. The van der Waals surface area contributed by atoms with E-state index in [2.05, 4.69) is 15.6 Å². The zero-order valence-corrected chi connectivity index (χ0v) is 16.4. The van der Waals surface area contributed by atoms with Crippen molar-refractivity contribution in [2.45, 2.75) is 33.4 Å². The van der Waals surface area contributed by atoms with Crippen molar-refractivity contribution >= 4 is 28.5 Å². The molecule has 1 atom stereocenters. The summed E-state index contributed by atoms with van der Waals surface area (Å²) >= 11 is 6.01. The van der Waals surface area contributed by atoms with Crippen LogP contribution in [0.3, 0.4) is 0 Å². The number of amides is 1. The molecule has 1 aromatic carbocycles. The molecule has 4 aromatic rings. The highest BCUT2D eigenvalue weighted by Gasteiger charge is 2.20. The van der Waals surface area contributed by atoms with Crippen LogP contribution in [0.4, 0.5) is 0 Å². The van der Waals surface area contributed by atoms with Gasteiger partial charge in [-0.15, -0.1) is 0 Å². The third kappa shape index (κ3) is 3.29. The first-order chi connectivity index (χ1) is 13.5. The first-order valence-electron chi connectivity index (χ1n) is 8.95. The highest BCUT2D eigenvalue weighted by atomic mass is 35.5. The lowest BCUT2D eigenvalue weighted by atomic mass is 10.2. The lowest BCUT2D eigenvalue weighted by molar-refractivity contribution is 0.0926. The van der Waals surface area contributed by atoms with Crippen LogP contribution in [-0.4, -0.2) is 20.8 Å². The number of nitrogens with one attached hydrogen (secondary N) is 1. The van der Waals surface area contributed by atoms with Crippen molar-refractivity contribution in [3.63, 3.8) is 0 Å². The van der Waals surface area contributed by atoms with E-state index < -0.39 is 0 Å². The van der Waals surface area contributed by atoms with Gasteiger partial charge in [-0.3, -0.25) is 9.48 Å². The highest BCUT2D eigenvalue weighted by Crippen LogP contribution is 2.27. The molecule has 3 heterocycles. The third-order valence-corrected chi connectivity index (χ3v) is 4.92. The molecule has 28 heavy (non-hydrogen) atoms. The van der Waals surface area contributed by atoms with Gasteiger partial charge in [0.1, 0.15) is 11.3 Å². The number of carbonyl (C=O) groups is 1. The number of aromatic nitrogens is 3. The number of rotatable bonds is 5. The fraction of sp³-hybridized carbons (Fsp3) is 0.250. The molecule has 4 rings (SSSR count). The van der Waals surface area contributed by atoms with E-state index >= 15 is 0 Å². The Balaban J connectivity index is 1.51. The molecule has 0 aliphatic rings. The van der Waals surface area contributed by atoms with Crippen molar-refractivity contribution in [2.24, 2.45) is 0 Å². The average Bonchev–Trinajstić information content (AvgIpc) is 3.38. The maximum atomic E-state index is 12.6. The first-order valence-corrected chi connectivity index (χ1v) is 9.33. The van der Waals surface area contributed by atoms with Gasteiger partial charge in [0.25, 0.3) is 5.91 Å². The summed E-state index contributed by atoms with van der Waals surface area (Å²) in [5.74, 6) is 0.796. The van der Waals surface area contributed by atoms with Gasteiger partial charge in [0, 0.05) is 28.7 Å². The second kappa shape index (κ2) is 7.16. The van der Waals surface area contributed by atoms with Crippen LogP contribution in [0.2, 0.25) is 5.02 Å². The standard InChI is InChI=1S/C20H19ClN4O3/c1-4-25-12(3)15(10-22-25)19-9-16(24-28-19)20(26)23-11(2)18-8-13-7-14(21)5-6-17(13)27-18/h5-11H,4H2,1-3H3,(H,23,26)/t11-/m0/s1. The molecule has 7 nitrogen and oxygen atoms in total. The predicted octanol–water partition coefficient (Wildman–Crippen LogP) is 4.76. The SMILES string of the molecule is CCn1ncc(-c2cc(C(=O)N[C@@H](C)c3cc4cc(Cl)ccc4o3)no2)c1C. The number of nitrogens with zero attached hydrogens (tertiary/aromatic N) is 3. The summed E-state index contributed by atoms with van der Waals surface area (Å²) in [6, 6.07) is 8.52. The van der Waals surface area contributed by atoms with E-state index in [1.165, 1.54) is 0 Å². The fourth-order valence-corrected chi connectivity index (χ4v) is 3.29. The topological polar surface area (TPSA) is 86.1 Å². The largest absolute Gasteiger partial charge is 0.459 e. The van der Waals surface area contributed by atoms with Crippen LogP contribution in [0.1, 0.15) is 41.8 Å². The molecule has 1 N–H and O–H groups in total. The maximum Gasteiger partial charge on any atom is 0.274 e. The van der Waals surface area contributed by atoms with Gasteiger partial charge >= 0.3 is 0 Å². The molecule has 3 aromatic heterocycles. The molecule has 0 fully saturated rings. The van der Waals surface area contributed by atoms with Gasteiger partial charge in [-0.2, -0.15) is 5.10 Å². The smallest absolute Gasteiger partial charge is 0.274 e. The van der Waals surface area contributed by atoms with Crippen molar-refractivity contribution in [3.8, 4) is 11.3 Å². The van der Waals surface area contributed by atoms with Crippen LogP contribution in [0, 0.1) is 6.92 Å². The number of aryl methyl sites for hydroxylation is 1. The summed E-state index contributed by atoms with van der Waals surface area (Å²) in [6.45, 7) is 6.56. The molecule has 0 spiro atoms. The third-order valence-electron chi connectivity index (χ3n) is 4.68. The minimum atomic E-state index is -0.346. The van der Waals surface area contributed by atoms with Gasteiger partial charge in [-0.05, 0) is 45.0 Å². The summed E-state index contributed by atoms with van der Waals surface area (Å²) in [5.41, 5.74) is 2.69. The number of furan rings is 1. The zero-order valence-electron chi connectivity index (χ0n) is 15.7. The Morgan fingerprint density at radius 2 is 2.14 bits per heavy atom. The second-order valence-corrected chi connectivity index (χ2v) is 7.00. The Kier molecular flexibility index (Phi) is 4.68. The molecular formula is C20H19ClN4O3. The van der Waals surface area contributed by atoms with Crippen LogP contribution in [-0.2, 0) is 6.54 Å². The minimum absolute atomic E-state index is 0.199. The Labute approximate surface area is 166 Å². The fourth-order valence-electron chi connectivity index (χ4n) is 3.11. The molecule has 0 aliphatic heterocycles.